The molecule has 1 aliphatic rings. The van der Waals surface area contributed by atoms with E-state index in [1.54, 1.807) is 14.2 Å². The molecule has 0 saturated carbocycles. The first-order chi connectivity index (χ1) is 11.7. The van der Waals surface area contributed by atoms with Gasteiger partial charge >= 0.3 is 6.03 Å². The topological polar surface area (TPSA) is 50.8 Å². The van der Waals surface area contributed by atoms with Crippen LogP contribution in [0.4, 0.5) is 10.5 Å². The second kappa shape index (κ2) is 7.25. The number of amides is 2. The van der Waals surface area contributed by atoms with Crippen LogP contribution < -0.4 is 14.8 Å². The number of benzene rings is 2. The SMILES string of the molecule is COc1cccc(NC(=O)N2CCCc3cc(OC)ccc3C2)c1. The number of rotatable bonds is 3. The van der Waals surface area contributed by atoms with E-state index in [0.717, 1.165) is 36.6 Å². The van der Waals surface area contributed by atoms with Crippen LogP contribution >= 0.6 is 0 Å². The van der Waals surface area contributed by atoms with E-state index in [1.807, 2.05) is 41.3 Å². The van der Waals surface area contributed by atoms with Crippen molar-refractivity contribution in [3.8, 4) is 11.5 Å². The van der Waals surface area contributed by atoms with Crippen molar-refractivity contribution in [2.75, 3.05) is 26.1 Å². The Morgan fingerprint density at radius 3 is 2.62 bits per heavy atom. The number of anilines is 1. The molecule has 3 rings (SSSR count). The number of fused-ring (bicyclic) bond motifs is 1. The molecule has 24 heavy (non-hydrogen) atoms. The first-order valence-electron chi connectivity index (χ1n) is 8.05. The highest BCUT2D eigenvalue weighted by molar-refractivity contribution is 5.89. The van der Waals surface area contributed by atoms with E-state index < -0.39 is 0 Å². The number of hydrogen-bond donors (Lipinski definition) is 1. The Balaban J connectivity index is 1.72. The molecule has 0 aromatic heterocycles. The number of carbonyl (C=O) groups is 1. The van der Waals surface area contributed by atoms with Crippen LogP contribution in [0.1, 0.15) is 17.5 Å². The summed E-state index contributed by atoms with van der Waals surface area (Å²) in [6.45, 7) is 1.34. The lowest BCUT2D eigenvalue weighted by atomic mass is 10.0. The molecular formula is C19H22N2O3. The third-order valence-electron chi connectivity index (χ3n) is 4.26. The maximum Gasteiger partial charge on any atom is 0.322 e. The third-order valence-corrected chi connectivity index (χ3v) is 4.26. The van der Waals surface area contributed by atoms with Gasteiger partial charge in [-0.3, -0.25) is 0 Å². The van der Waals surface area contributed by atoms with Gasteiger partial charge in [0, 0.05) is 24.8 Å². The zero-order valence-electron chi connectivity index (χ0n) is 14.0. The molecule has 0 unspecified atom stereocenters. The van der Waals surface area contributed by atoms with Crippen molar-refractivity contribution in [3.05, 3.63) is 53.6 Å². The van der Waals surface area contributed by atoms with Crippen molar-refractivity contribution in [3.63, 3.8) is 0 Å². The highest BCUT2D eigenvalue weighted by atomic mass is 16.5. The molecule has 0 spiro atoms. The molecule has 5 heteroatoms. The largest absolute Gasteiger partial charge is 0.497 e. The van der Waals surface area contributed by atoms with E-state index in [0.29, 0.717) is 6.54 Å². The summed E-state index contributed by atoms with van der Waals surface area (Å²) in [5.41, 5.74) is 3.17. The van der Waals surface area contributed by atoms with E-state index in [2.05, 4.69) is 11.4 Å². The first kappa shape index (κ1) is 16.2. The van der Waals surface area contributed by atoms with Gasteiger partial charge in [-0.25, -0.2) is 4.79 Å². The standard InChI is InChI=1S/C19H22N2O3/c1-23-17-7-3-6-16(12-17)20-19(22)21-10-4-5-14-11-18(24-2)9-8-15(14)13-21/h3,6-9,11-12H,4-5,10,13H2,1-2H3,(H,20,22). The molecule has 1 heterocycles. The second-order valence-corrected chi connectivity index (χ2v) is 5.82. The Morgan fingerprint density at radius 2 is 1.83 bits per heavy atom. The van der Waals surface area contributed by atoms with Crippen LogP contribution in [0.5, 0.6) is 11.5 Å². The summed E-state index contributed by atoms with van der Waals surface area (Å²) < 4.78 is 10.5. The molecular weight excluding hydrogens is 304 g/mol. The molecule has 2 aromatic rings. The van der Waals surface area contributed by atoms with Gasteiger partial charge in [-0.2, -0.15) is 0 Å². The Hall–Kier alpha value is -2.69. The van der Waals surface area contributed by atoms with Gasteiger partial charge in [-0.15, -0.1) is 0 Å². The molecule has 5 nitrogen and oxygen atoms in total. The van der Waals surface area contributed by atoms with Crippen LogP contribution in [0.15, 0.2) is 42.5 Å². The molecule has 0 bridgehead atoms. The predicted molar refractivity (Wildman–Crippen MR) is 93.7 cm³/mol. The molecule has 0 fully saturated rings. The fourth-order valence-electron chi connectivity index (χ4n) is 2.94. The lowest BCUT2D eigenvalue weighted by Crippen LogP contribution is -2.34. The quantitative estimate of drug-likeness (QED) is 0.936. The minimum atomic E-state index is -0.0908. The zero-order valence-corrected chi connectivity index (χ0v) is 14.0. The van der Waals surface area contributed by atoms with E-state index in [9.17, 15) is 4.79 Å². The summed E-state index contributed by atoms with van der Waals surface area (Å²) in [7, 11) is 3.28. The van der Waals surface area contributed by atoms with Crippen LogP contribution in [0.25, 0.3) is 0 Å². The van der Waals surface area contributed by atoms with E-state index in [1.165, 1.54) is 11.1 Å². The lowest BCUT2D eigenvalue weighted by Gasteiger charge is -2.21. The van der Waals surface area contributed by atoms with Crippen LogP contribution in [0, 0.1) is 0 Å². The minimum Gasteiger partial charge on any atom is -0.497 e. The van der Waals surface area contributed by atoms with Crippen LogP contribution in [0.3, 0.4) is 0 Å². The van der Waals surface area contributed by atoms with Gasteiger partial charge < -0.3 is 19.7 Å². The Bertz CT molecular complexity index is 730. The summed E-state index contributed by atoms with van der Waals surface area (Å²) in [5, 5.41) is 2.95. The number of aryl methyl sites for hydroxylation is 1. The van der Waals surface area contributed by atoms with Crippen molar-refractivity contribution in [1.82, 2.24) is 4.90 Å². The third kappa shape index (κ3) is 3.62. The fraction of sp³-hybridized carbons (Fsp3) is 0.316. The monoisotopic (exact) mass is 326 g/mol. The molecule has 126 valence electrons. The summed E-state index contributed by atoms with van der Waals surface area (Å²) in [5.74, 6) is 1.59. The summed E-state index contributed by atoms with van der Waals surface area (Å²) in [6.07, 6.45) is 1.89. The van der Waals surface area contributed by atoms with Crippen molar-refractivity contribution < 1.29 is 14.3 Å². The van der Waals surface area contributed by atoms with Crippen molar-refractivity contribution >= 4 is 11.7 Å². The zero-order chi connectivity index (χ0) is 16.9. The average Bonchev–Trinajstić information content (AvgIpc) is 2.83. The number of nitrogens with zero attached hydrogens (tertiary/aromatic N) is 1. The van der Waals surface area contributed by atoms with Crippen LogP contribution in [0.2, 0.25) is 0 Å². The van der Waals surface area contributed by atoms with Gasteiger partial charge in [0.2, 0.25) is 0 Å². The maximum atomic E-state index is 12.6. The van der Waals surface area contributed by atoms with Crippen molar-refractivity contribution in [2.45, 2.75) is 19.4 Å². The maximum absolute atomic E-state index is 12.6. The van der Waals surface area contributed by atoms with Gasteiger partial charge in [0.1, 0.15) is 11.5 Å². The molecule has 2 aromatic carbocycles. The normalized spacial score (nSPS) is 13.7. The van der Waals surface area contributed by atoms with Gasteiger partial charge in [0.25, 0.3) is 0 Å². The smallest absolute Gasteiger partial charge is 0.322 e. The number of urea groups is 1. The molecule has 0 radical (unpaired) electrons. The highest BCUT2D eigenvalue weighted by Crippen LogP contribution is 2.24. The number of hydrogen-bond acceptors (Lipinski definition) is 3. The number of ether oxygens (including phenoxy) is 2. The van der Waals surface area contributed by atoms with Gasteiger partial charge in [-0.1, -0.05) is 12.1 Å². The number of carbonyl (C=O) groups excluding carboxylic acids is 1. The Morgan fingerprint density at radius 1 is 1.04 bits per heavy atom. The summed E-state index contributed by atoms with van der Waals surface area (Å²) >= 11 is 0. The van der Waals surface area contributed by atoms with Gasteiger partial charge in [-0.05, 0) is 48.2 Å². The van der Waals surface area contributed by atoms with E-state index in [-0.39, 0.29) is 6.03 Å². The Labute approximate surface area is 142 Å². The molecule has 0 aliphatic carbocycles. The van der Waals surface area contributed by atoms with Gasteiger partial charge in [0.05, 0.1) is 14.2 Å². The summed E-state index contributed by atoms with van der Waals surface area (Å²) in [4.78, 5) is 14.4. The van der Waals surface area contributed by atoms with Gasteiger partial charge in [0.15, 0.2) is 0 Å². The highest BCUT2D eigenvalue weighted by Gasteiger charge is 2.19. The van der Waals surface area contributed by atoms with E-state index >= 15 is 0 Å². The molecule has 0 saturated heterocycles. The Kier molecular flexibility index (Phi) is 4.89. The predicted octanol–water partition coefficient (Wildman–Crippen LogP) is 3.68. The lowest BCUT2D eigenvalue weighted by molar-refractivity contribution is 0.210. The summed E-state index contributed by atoms with van der Waals surface area (Å²) in [6, 6.07) is 13.4. The fourth-order valence-corrected chi connectivity index (χ4v) is 2.94. The molecule has 0 atom stereocenters. The number of nitrogens with one attached hydrogen (secondary N) is 1. The molecule has 1 N–H and O–H groups in total. The average molecular weight is 326 g/mol. The first-order valence-corrected chi connectivity index (χ1v) is 8.05. The minimum absolute atomic E-state index is 0.0908. The molecule has 2 amide bonds. The van der Waals surface area contributed by atoms with Crippen molar-refractivity contribution in [1.29, 1.82) is 0 Å². The van der Waals surface area contributed by atoms with E-state index in [4.69, 9.17) is 9.47 Å². The van der Waals surface area contributed by atoms with Crippen LogP contribution in [-0.4, -0.2) is 31.7 Å². The van der Waals surface area contributed by atoms with Crippen molar-refractivity contribution in [2.24, 2.45) is 0 Å². The second-order valence-electron chi connectivity index (χ2n) is 5.82. The molecule has 1 aliphatic heterocycles. The number of methoxy groups -OCH3 is 2. The van der Waals surface area contributed by atoms with Crippen LogP contribution in [-0.2, 0) is 13.0 Å².